The number of methoxy groups -OCH3 is 1. The molecule has 0 bridgehead atoms. The monoisotopic (exact) mass is 321 g/mol. The first-order valence-electron chi connectivity index (χ1n) is 7.41. The molecule has 0 aromatic heterocycles. The number of nitrogens with zero attached hydrogens (tertiary/aromatic N) is 1. The molecular weight excluding hydrogens is 306 g/mol. The van der Waals surface area contributed by atoms with E-state index in [0.717, 1.165) is 10.5 Å². The van der Waals surface area contributed by atoms with Crippen LogP contribution in [0.25, 0.3) is 6.08 Å². The van der Waals surface area contributed by atoms with Gasteiger partial charge in [-0.25, -0.2) is 4.79 Å². The van der Waals surface area contributed by atoms with Crippen LogP contribution in [0.2, 0.25) is 0 Å². The predicted octanol–water partition coefficient (Wildman–Crippen LogP) is 2.54. The topological polar surface area (TPSA) is 63.7 Å². The Bertz CT molecular complexity index is 804. The summed E-state index contributed by atoms with van der Waals surface area (Å²) >= 11 is 0. The molecular formula is C19H15NO4. The lowest BCUT2D eigenvalue weighted by atomic mass is 10.1. The molecule has 2 aromatic rings. The molecule has 0 radical (unpaired) electrons. The highest BCUT2D eigenvalue weighted by molar-refractivity contribution is 6.21. The van der Waals surface area contributed by atoms with Crippen molar-refractivity contribution in [3.05, 3.63) is 76.9 Å². The molecule has 0 N–H and O–H groups in total. The van der Waals surface area contributed by atoms with Crippen LogP contribution in [-0.2, 0) is 9.53 Å². The van der Waals surface area contributed by atoms with Crippen molar-refractivity contribution in [2.75, 3.05) is 13.7 Å². The molecule has 0 saturated heterocycles. The summed E-state index contributed by atoms with van der Waals surface area (Å²) in [5.41, 5.74) is 1.73. The van der Waals surface area contributed by atoms with Crippen molar-refractivity contribution < 1.29 is 19.1 Å². The summed E-state index contributed by atoms with van der Waals surface area (Å²) in [6.45, 7) is -0.131. The molecule has 0 saturated carbocycles. The molecule has 2 aromatic carbocycles. The van der Waals surface area contributed by atoms with Gasteiger partial charge in [0.15, 0.2) is 0 Å². The number of rotatable bonds is 4. The van der Waals surface area contributed by atoms with Crippen LogP contribution in [-0.4, -0.2) is 36.3 Å². The third-order valence-corrected chi connectivity index (χ3v) is 3.79. The number of esters is 1. The van der Waals surface area contributed by atoms with Gasteiger partial charge in [0.1, 0.15) is 0 Å². The minimum atomic E-state index is -0.574. The zero-order valence-corrected chi connectivity index (χ0v) is 13.1. The van der Waals surface area contributed by atoms with Crippen LogP contribution in [0, 0.1) is 0 Å². The van der Waals surface area contributed by atoms with Crippen LogP contribution in [0.3, 0.4) is 0 Å². The summed E-state index contributed by atoms with van der Waals surface area (Å²) in [4.78, 5) is 38.0. The van der Waals surface area contributed by atoms with Crippen molar-refractivity contribution in [3.63, 3.8) is 0 Å². The Labute approximate surface area is 139 Å². The largest absolute Gasteiger partial charge is 0.466 e. The number of carbonyl (C=O) groups is 3. The van der Waals surface area contributed by atoms with E-state index in [9.17, 15) is 14.4 Å². The zero-order valence-electron chi connectivity index (χ0n) is 13.1. The summed E-state index contributed by atoms with van der Waals surface area (Å²) < 4.78 is 4.79. The molecule has 1 aliphatic heterocycles. The maximum atomic E-state index is 12.4. The summed E-state index contributed by atoms with van der Waals surface area (Å²) in [5.74, 6) is -1.38. The molecule has 0 unspecified atom stereocenters. The molecule has 0 aliphatic carbocycles. The fraction of sp³-hybridized carbons (Fsp3) is 0.105. The van der Waals surface area contributed by atoms with Gasteiger partial charge in [-0.2, -0.15) is 0 Å². The van der Waals surface area contributed by atoms with Gasteiger partial charge in [0.2, 0.25) is 0 Å². The third-order valence-electron chi connectivity index (χ3n) is 3.79. The Morgan fingerprint density at radius 1 is 0.958 bits per heavy atom. The SMILES string of the molecule is COC(=O)/C(=C\c1ccccc1)CN1C(=O)c2ccccc2C1=O. The van der Waals surface area contributed by atoms with Gasteiger partial charge < -0.3 is 4.74 Å². The average molecular weight is 321 g/mol. The molecule has 1 aliphatic rings. The van der Waals surface area contributed by atoms with Crippen LogP contribution in [0.4, 0.5) is 0 Å². The van der Waals surface area contributed by atoms with Gasteiger partial charge in [-0.3, -0.25) is 14.5 Å². The van der Waals surface area contributed by atoms with Gasteiger partial charge in [-0.15, -0.1) is 0 Å². The van der Waals surface area contributed by atoms with E-state index in [4.69, 9.17) is 4.74 Å². The second-order valence-electron chi connectivity index (χ2n) is 5.31. The van der Waals surface area contributed by atoms with Gasteiger partial charge in [0, 0.05) is 0 Å². The smallest absolute Gasteiger partial charge is 0.335 e. The van der Waals surface area contributed by atoms with Crippen LogP contribution in [0.1, 0.15) is 26.3 Å². The first kappa shape index (κ1) is 15.7. The summed E-state index contributed by atoms with van der Waals surface area (Å²) in [7, 11) is 1.27. The Hall–Kier alpha value is -3.21. The first-order valence-corrected chi connectivity index (χ1v) is 7.41. The molecule has 0 spiro atoms. The summed E-state index contributed by atoms with van der Waals surface area (Å²) in [6, 6.07) is 15.8. The fourth-order valence-corrected chi connectivity index (χ4v) is 2.60. The van der Waals surface area contributed by atoms with E-state index < -0.39 is 17.8 Å². The highest BCUT2D eigenvalue weighted by Crippen LogP contribution is 2.24. The lowest BCUT2D eigenvalue weighted by Crippen LogP contribution is -2.33. The van der Waals surface area contributed by atoms with Crippen LogP contribution >= 0.6 is 0 Å². The maximum absolute atomic E-state index is 12.4. The minimum Gasteiger partial charge on any atom is -0.466 e. The summed E-state index contributed by atoms with van der Waals surface area (Å²) in [5, 5.41) is 0. The Kier molecular flexibility index (Phi) is 4.24. The van der Waals surface area contributed by atoms with Crippen molar-refractivity contribution >= 4 is 23.9 Å². The van der Waals surface area contributed by atoms with Gasteiger partial charge in [0.25, 0.3) is 11.8 Å². The number of imide groups is 1. The number of hydrogen-bond donors (Lipinski definition) is 0. The standard InChI is InChI=1S/C19H15NO4/c1-24-19(23)14(11-13-7-3-2-4-8-13)12-20-17(21)15-9-5-6-10-16(15)18(20)22/h2-11H,12H2,1H3/b14-11-. The molecule has 1 heterocycles. The molecule has 5 heteroatoms. The van der Waals surface area contributed by atoms with Gasteiger partial charge in [-0.1, -0.05) is 42.5 Å². The molecule has 0 atom stereocenters. The number of hydrogen-bond acceptors (Lipinski definition) is 4. The highest BCUT2D eigenvalue weighted by Gasteiger charge is 2.36. The van der Waals surface area contributed by atoms with E-state index in [1.807, 2.05) is 30.3 Å². The minimum absolute atomic E-state index is 0.131. The van der Waals surface area contributed by atoms with Crippen molar-refractivity contribution in [3.8, 4) is 0 Å². The third kappa shape index (κ3) is 2.84. The lowest BCUT2D eigenvalue weighted by Gasteiger charge is -2.15. The van der Waals surface area contributed by atoms with E-state index in [1.54, 1.807) is 30.3 Å². The predicted molar refractivity (Wildman–Crippen MR) is 88.2 cm³/mol. The zero-order chi connectivity index (χ0) is 17.1. The number of ether oxygens (including phenoxy) is 1. The fourth-order valence-electron chi connectivity index (χ4n) is 2.60. The maximum Gasteiger partial charge on any atom is 0.335 e. The van der Waals surface area contributed by atoms with E-state index >= 15 is 0 Å². The van der Waals surface area contributed by atoms with Crippen LogP contribution in [0.15, 0.2) is 60.2 Å². The molecule has 5 nitrogen and oxygen atoms in total. The van der Waals surface area contributed by atoms with Gasteiger partial charge in [-0.05, 0) is 23.8 Å². The highest BCUT2D eigenvalue weighted by atomic mass is 16.5. The molecule has 2 amide bonds. The van der Waals surface area contributed by atoms with Crippen molar-refractivity contribution in [2.45, 2.75) is 0 Å². The van der Waals surface area contributed by atoms with Crippen LogP contribution in [0.5, 0.6) is 0 Å². The second kappa shape index (κ2) is 6.50. The van der Waals surface area contributed by atoms with Crippen molar-refractivity contribution in [1.82, 2.24) is 4.90 Å². The number of amides is 2. The normalized spacial score (nSPS) is 13.9. The molecule has 24 heavy (non-hydrogen) atoms. The van der Waals surface area contributed by atoms with Crippen molar-refractivity contribution in [2.24, 2.45) is 0 Å². The van der Waals surface area contributed by atoms with Crippen molar-refractivity contribution in [1.29, 1.82) is 0 Å². The lowest BCUT2D eigenvalue weighted by molar-refractivity contribution is -0.136. The number of carbonyl (C=O) groups excluding carboxylic acids is 3. The molecule has 3 rings (SSSR count). The second-order valence-corrected chi connectivity index (χ2v) is 5.31. The van der Waals surface area contributed by atoms with Gasteiger partial charge >= 0.3 is 5.97 Å². The van der Waals surface area contributed by atoms with Crippen LogP contribution < -0.4 is 0 Å². The van der Waals surface area contributed by atoms with E-state index in [1.165, 1.54) is 7.11 Å². The van der Waals surface area contributed by atoms with Gasteiger partial charge in [0.05, 0.1) is 30.4 Å². The number of benzene rings is 2. The Morgan fingerprint density at radius 2 is 1.50 bits per heavy atom. The molecule has 120 valence electrons. The average Bonchev–Trinajstić information content (AvgIpc) is 2.86. The quantitative estimate of drug-likeness (QED) is 0.493. The Balaban J connectivity index is 1.92. The first-order chi connectivity index (χ1) is 11.6. The number of fused-ring (bicyclic) bond motifs is 1. The molecule has 0 fully saturated rings. The van der Waals surface area contributed by atoms with E-state index in [-0.39, 0.29) is 12.1 Å². The Morgan fingerprint density at radius 3 is 2.04 bits per heavy atom. The summed E-state index contributed by atoms with van der Waals surface area (Å²) in [6.07, 6.45) is 1.62. The van der Waals surface area contributed by atoms with E-state index in [2.05, 4.69) is 0 Å². The van der Waals surface area contributed by atoms with E-state index in [0.29, 0.717) is 11.1 Å².